The van der Waals surface area contributed by atoms with Crippen molar-refractivity contribution in [3.63, 3.8) is 0 Å². The summed E-state index contributed by atoms with van der Waals surface area (Å²) in [6.45, 7) is 3.51. The zero-order chi connectivity index (χ0) is 23.3. The van der Waals surface area contributed by atoms with E-state index in [0.717, 1.165) is 12.8 Å². The fourth-order valence-electron chi connectivity index (χ4n) is 4.75. The molecule has 1 amide bonds. The second-order valence-electron chi connectivity index (χ2n) is 8.90. The summed E-state index contributed by atoms with van der Waals surface area (Å²) < 4.78 is 43.5. The first-order valence-electron chi connectivity index (χ1n) is 11.6. The molecule has 0 atom stereocenters. The van der Waals surface area contributed by atoms with Crippen LogP contribution < -0.4 is 0 Å². The van der Waals surface area contributed by atoms with Crippen molar-refractivity contribution in [2.45, 2.75) is 43.6 Å². The van der Waals surface area contributed by atoms with Crippen LogP contribution >= 0.6 is 0 Å². The Morgan fingerprint density at radius 2 is 1.61 bits per heavy atom. The zero-order valence-corrected chi connectivity index (χ0v) is 19.7. The first kappa shape index (κ1) is 24.1. The third kappa shape index (κ3) is 5.56. The molecular weight excluding hydrogens is 448 g/mol. The van der Waals surface area contributed by atoms with Crippen molar-refractivity contribution in [2.75, 3.05) is 52.6 Å². The van der Waals surface area contributed by atoms with Gasteiger partial charge in [-0.1, -0.05) is 25.0 Å². The summed E-state index contributed by atoms with van der Waals surface area (Å²) >= 11 is 0. The summed E-state index contributed by atoms with van der Waals surface area (Å²) in [7, 11) is -3.63. The van der Waals surface area contributed by atoms with Gasteiger partial charge in [0.25, 0.3) is 0 Å². The molecule has 0 aromatic heterocycles. The first-order chi connectivity index (χ1) is 15.9. The number of amides is 1. The second kappa shape index (κ2) is 10.5. The Morgan fingerprint density at radius 1 is 0.970 bits per heavy atom. The van der Waals surface area contributed by atoms with Gasteiger partial charge in [-0.05, 0) is 30.5 Å². The Balaban J connectivity index is 1.40. The van der Waals surface area contributed by atoms with Crippen molar-refractivity contribution < 1.29 is 32.2 Å². The van der Waals surface area contributed by atoms with E-state index in [-0.39, 0.29) is 29.8 Å². The minimum atomic E-state index is -3.63. The van der Waals surface area contributed by atoms with E-state index in [0.29, 0.717) is 71.0 Å². The fraction of sp³-hybridized carbons (Fsp3) is 0.652. The van der Waals surface area contributed by atoms with Gasteiger partial charge in [-0.15, -0.1) is 0 Å². The van der Waals surface area contributed by atoms with Crippen LogP contribution in [0.1, 0.15) is 37.7 Å². The molecule has 2 heterocycles. The highest BCUT2D eigenvalue weighted by Gasteiger charge is 2.45. The van der Waals surface area contributed by atoms with E-state index < -0.39 is 15.4 Å². The molecule has 2 aliphatic heterocycles. The van der Waals surface area contributed by atoms with Crippen molar-refractivity contribution >= 4 is 21.9 Å². The summed E-state index contributed by atoms with van der Waals surface area (Å²) in [6, 6.07) is 6.50. The third-order valence-electron chi connectivity index (χ3n) is 6.72. The predicted molar refractivity (Wildman–Crippen MR) is 119 cm³/mol. The number of ether oxygens (including phenoxy) is 3. The number of esters is 1. The zero-order valence-electron chi connectivity index (χ0n) is 18.9. The number of benzene rings is 1. The molecule has 0 bridgehead atoms. The highest BCUT2D eigenvalue weighted by molar-refractivity contribution is 7.89. The molecule has 3 fully saturated rings. The average molecular weight is 481 g/mol. The first-order valence-corrected chi connectivity index (χ1v) is 13.0. The lowest BCUT2D eigenvalue weighted by Crippen LogP contribution is -2.44. The van der Waals surface area contributed by atoms with Gasteiger partial charge in [0.05, 0.1) is 36.7 Å². The molecule has 0 N–H and O–H groups in total. The number of sulfonamides is 1. The number of hydrogen-bond donors (Lipinski definition) is 0. The summed E-state index contributed by atoms with van der Waals surface area (Å²) in [5.74, 6) is -0.404. The molecule has 1 saturated carbocycles. The minimum Gasteiger partial charge on any atom is -0.460 e. The van der Waals surface area contributed by atoms with Crippen LogP contribution in [0.2, 0.25) is 0 Å². The van der Waals surface area contributed by atoms with E-state index >= 15 is 0 Å². The number of carbonyl (C=O) groups is 2. The molecule has 1 aromatic rings. The van der Waals surface area contributed by atoms with E-state index in [2.05, 4.69) is 0 Å². The van der Waals surface area contributed by atoms with Crippen molar-refractivity contribution in [2.24, 2.45) is 5.41 Å². The van der Waals surface area contributed by atoms with Gasteiger partial charge in [0.2, 0.25) is 15.9 Å². The molecule has 0 radical (unpaired) electrons. The summed E-state index contributed by atoms with van der Waals surface area (Å²) in [5.41, 5.74) is -0.197. The van der Waals surface area contributed by atoms with Crippen LogP contribution in [0.4, 0.5) is 0 Å². The van der Waals surface area contributed by atoms with Crippen LogP contribution in [0.3, 0.4) is 0 Å². The quantitative estimate of drug-likeness (QED) is 0.546. The number of nitrogens with zero attached hydrogens (tertiary/aromatic N) is 2. The molecule has 9 nitrogen and oxygen atoms in total. The average Bonchev–Trinajstić information content (AvgIpc) is 3.33. The Kier molecular flexibility index (Phi) is 7.68. The Hall–Kier alpha value is -2.01. The van der Waals surface area contributed by atoms with Crippen LogP contribution in [0.25, 0.3) is 0 Å². The van der Waals surface area contributed by atoms with Gasteiger partial charge in [0.1, 0.15) is 6.61 Å². The van der Waals surface area contributed by atoms with Gasteiger partial charge in [-0.2, -0.15) is 4.31 Å². The Labute approximate surface area is 195 Å². The number of carbonyl (C=O) groups excluding carboxylic acids is 2. The van der Waals surface area contributed by atoms with Crippen molar-refractivity contribution in [3.8, 4) is 0 Å². The van der Waals surface area contributed by atoms with Gasteiger partial charge < -0.3 is 19.1 Å². The van der Waals surface area contributed by atoms with Crippen molar-refractivity contribution in [1.29, 1.82) is 0 Å². The van der Waals surface area contributed by atoms with Crippen molar-refractivity contribution in [1.82, 2.24) is 9.21 Å². The van der Waals surface area contributed by atoms with Crippen LogP contribution in [0.5, 0.6) is 0 Å². The molecule has 182 valence electrons. The molecular formula is C23H32N2O7S. The van der Waals surface area contributed by atoms with Gasteiger partial charge in [-0.25, -0.2) is 8.42 Å². The maximum atomic E-state index is 13.1. The smallest absolute Gasteiger partial charge is 0.312 e. The van der Waals surface area contributed by atoms with Gasteiger partial charge in [0.15, 0.2) is 0 Å². The number of morpholine rings is 2. The topological polar surface area (TPSA) is 102 Å². The lowest BCUT2D eigenvalue weighted by Gasteiger charge is -2.32. The van der Waals surface area contributed by atoms with Crippen molar-refractivity contribution in [3.05, 3.63) is 29.8 Å². The summed E-state index contributed by atoms with van der Waals surface area (Å²) in [5, 5.41) is 0. The van der Waals surface area contributed by atoms with E-state index in [4.69, 9.17) is 14.2 Å². The highest BCUT2D eigenvalue weighted by Crippen LogP contribution is 2.43. The minimum absolute atomic E-state index is 0.0290. The van der Waals surface area contributed by atoms with Crippen LogP contribution in [0.15, 0.2) is 29.2 Å². The highest BCUT2D eigenvalue weighted by atomic mass is 32.2. The summed E-state index contributed by atoms with van der Waals surface area (Å²) in [4.78, 5) is 27.9. The van der Waals surface area contributed by atoms with Crippen LogP contribution in [-0.4, -0.2) is 82.1 Å². The Bertz CT molecular complexity index is 947. The largest absolute Gasteiger partial charge is 0.460 e. The van der Waals surface area contributed by atoms with Gasteiger partial charge in [-0.3, -0.25) is 9.59 Å². The molecule has 1 aromatic carbocycles. The maximum absolute atomic E-state index is 13.1. The molecule has 2 saturated heterocycles. The maximum Gasteiger partial charge on any atom is 0.312 e. The standard InChI is InChI=1S/C23H32N2O7S/c26-21(24-8-12-30-13-9-24)17-23(6-1-2-7-23)22(27)32-18-19-4-3-5-20(16-19)33(28,29)25-10-14-31-15-11-25/h3-5,16H,1-2,6-15,17-18H2. The normalized spacial score (nSPS) is 21.6. The molecule has 10 heteroatoms. The summed E-state index contributed by atoms with van der Waals surface area (Å²) in [6.07, 6.45) is 3.19. The molecule has 3 aliphatic rings. The van der Waals surface area contributed by atoms with Crippen LogP contribution in [0, 0.1) is 5.41 Å². The lowest BCUT2D eigenvalue weighted by atomic mass is 9.82. The van der Waals surface area contributed by atoms with E-state index in [1.165, 1.54) is 4.31 Å². The Morgan fingerprint density at radius 3 is 2.27 bits per heavy atom. The fourth-order valence-corrected chi connectivity index (χ4v) is 6.23. The lowest BCUT2D eigenvalue weighted by molar-refractivity contribution is -0.161. The predicted octanol–water partition coefficient (Wildman–Crippen LogP) is 1.56. The SMILES string of the molecule is O=C(CC1(C(=O)OCc2cccc(S(=O)(=O)N3CCOCC3)c2)CCCC1)N1CCOCC1. The van der Waals surface area contributed by atoms with E-state index in [1.807, 2.05) is 0 Å². The van der Waals surface area contributed by atoms with Crippen LogP contribution in [-0.2, 0) is 40.4 Å². The van der Waals surface area contributed by atoms with E-state index in [1.54, 1.807) is 29.2 Å². The monoisotopic (exact) mass is 480 g/mol. The molecule has 4 rings (SSSR count). The number of hydrogen-bond acceptors (Lipinski definition) is 7. The third-order valence-corrected chi connectivity index (χ3v) is 8.62. The van der Waals surface area contributed by atoms with Gasteiger partial charge >= 0.3 is 5.97 Å². The molecule has 0 unspecified atom stereocenters. The van der Waals surface area contributed by atoms with E-state index in [9.17, 15) is 18.0 Å². The molecule has 33 heavy (non-hydrogen) atoms. The molecule has 0 spiro atoms. The second-order valence-corrected chi connectivity index (χ2v) is 10.8. The number of rotatable bonds is 7. The van der Waals surface area contributed by atoms with Gasteiger partial charge in [0, 0.05) is 32.6 Å². The molecule has 1 aliphatic carbocycles.